The zero-order valence-corrected chi connectivity index (χ0v) is 14.2. The molecule has 0 radical (unpaired) electrons. The minimum Gasteiger partial charge on any atom is -0.455 e. The molecular formula is C18H11Cl2FN2O2. The summed E-state index contributed by atoms with van der Waals surface area (Å²) in [5.41, 5.74) is 3.12. The molecule has 0 aliphatic heterocycles. The molecule has 0 saturated carbocycles. The minimum atomic E-state index is -0.527. The molecular weight excluding hydrogens is 366 g/mol. The molecule has 7 heteroatoms. The Kier molecular flexibility index (Phi) is 5.16. The third-order valence-corrected chi connectivity index (χ3v) is 4.11. The highest BCUT2D eigenvalue weighted by molar-refractivity contribution is 6.43. The van der Waals surface area contributed by atoms with E-state index in [9.17, 15) is 9.18 Å². The molecule has 0 spiro atoms. The lowest BCUT2D eigenvalue weighted by Gasteiger charge is -2.02. The lowest BCUT2D eigenvalue weighted by molar-refractivity contribution is 0.0954. The normalized spacial score (nSPS) is 11.0. The maximum Gasteiger partial charge on any atom is 0.271 e. The van der Waals surface area contributed by atoms with Gasteiger partial charge in [0.2, 0.25) is 0 Å². The monoisotopic (exact) mass is 376 g/mol. The minimum absolute atomic E-state index is 0.169. The first-order chi connectivity index (χ1) is 12.0. The van der Waals surface area contributed by atoms with E-state index < -0.39 is 11.7 Å². The van der Waals surface area contributed by atoms with E-state index in [1.165, 1.54) is 24.4 Å². The van der Waals surface area contributed by atoms with Gasteiger partial charge < -0.3 is 4.42 Å². The fourth-order valence-electron chi connectivity index (χ4n) is 2.11. The highest BCUT2D eigenvalue weighted by Gasteiger charge is 2.10. The first-order valence-corrected chi connectivity index (χ1v) is 7.93. The van der Waals surface area contributed by atoms with E-state index in [0.29, 0.717) is 27.1 Å². The number of benzene rings is 2. The van der Waals surface area contributed by atoms with E-state index in [2.05, 4.69) is 10.5 Å². The van der Waals surface area contributed by atoms with Crippen LogP contribution in [0.4, 0.5) is 4.39 Å². The Morgan fingerprint density at radius 1 is 1.12 bits per heavy atom. The quantitative estimate of drug-likeness (QED) is 0.505. The Morgan fingerprint density at radius 3 is 2.72 bits per heavy atom. The van der Waals surface area contributed by atoms with Crippen molar-refractivity contribution >= 4 is 35.3 Å². The molecule has 3 aromatic rings. The van der Waals surface area contributed by atoms with Crippen molar-refractivity contribution < 1.29 is 13.6 Å². The lowest BCUT2D eigenvalue weighted by atomic mass is 10.2. The summed E-state index contributed by atoms with van der Waals surface area (Å²) in [6.45, 7) is 0. The number of hydrogen-bond donors (Lipinski definition) is 1. The van der Waals surface area contributed by atoms with Gasteiger partial charge in [0.25, 0.3) is 5.91 Å². The molecule has 1 amide bonds. The number of rotatable bonds is 4. The number of nitrogens with zero attached hydrogens (tertiary/aromatic N) is 1. The molecule has 0 aliphatic rings. The highest BCUT2D eigenvalue weighted by atomic mass is 35.5. The Bertz CT molecular complexity index is 954. The second kappa shape index (κ2) is 7.51. The highest BCUT2D eigenvalue weighted by Crippen LogP contribution is 2.34. The maximum atomic E-state index is 13.1. The molecule has 126 valence electrons. The van der Waals surface area contributed by atoms with Crippen LogP contribution >= 0.6 is 23.2 Å². The predicted octanol–water partition coefficient (Wildman–Crippen LogP) is 5.16. The van der Waals surface area contributed by atoms with Gasteiger partial charge in [-0.3, -0.25) is 4.79 Å². The molecule has 1 aromatic heterocycles. The first-order valence-electron chi connectivity index (χ1n) is 7.18. The zero-order chi connectivity index (χ0) is 17.8. The molecule has 2 aromatic carbocycles. The van der Waals surface area contributed by atoms with Gasteiger partial charge in [-0.25, -0.2) is 9.82 Å². The fraction of sp³-hybridized carbons (Fsp3) is 0. The molecule has 0 saturated heterocycles. The number of hydrazone groups is 1. The van der Waals surface area contributed by atoms with Crippen LogP contribution in [-0.2, 0) is 0 Å². The van der Waals surface area contributed by atoms with Gasteiger partial charge in [-0.15, -0.1) is 0 Å². The Morgan fingerprint density at radius 2 is 1.92 bits per heavy atom. The number of halogens is 3. The second-order valence-corrected chi connectivity index (χ2v) is 5.80. The van der Waals surface area contributed by atoms with Gasteiger partial charge in [0.05, 0.1) is 16.3 Å². The lowest BCUT2D eigenvalue weighted by Crippen LogP contribution is -2.17. The van der Waals surface area contributed by atoms with Crippen molar-refractivity contribution in [2.45, 2.75) is 0 Å². The average Bonchev–Trinajstić information content (AvgIpc) is 3.06. The van der Waals surface area contributed by atoms with Crippen LogP contribution in [0.25, 0.3) is 11.3 Å². The van der Waals surface area contributed by atoms with Crippen LogP contribution in [0.5, 0.6) is 0 Å². The standard InChI is InChI=1S/C18H11Cl2FN2O2/c19-15-6-2-5-14(17(15)20)16-8-7-13(25-16)10-22-23-18(24)11-3-1-4-12(21)9-11/h1-10H,(H,23,24)/b22-10+. The van der Waals surface area contributed by atoms with Crippen molar-refractivity contribution in [3.63, 3.8) is 0 Å². The summed E-state index contributed by atoms with van der Waals surface area (Å²) < 4.78 is 18.7. The van der Waals surface area contributed by atoms with Crippen molar-refractivity contribution in [1.29, 1.82) is 0 Å². The van der Waals surface area contributed by atoms with Crippen molar-refractivity contribution in [2.24, 2.45) is 5.10 Å². The summed E-state index contributed by atoms with van der Waals surface area (Å²) in [4.78, 5) is 11.8. The van der Waals surface area contributed by atoms with Gasteiger partial charge >= 0.3 is 0 Å². The fourth-order valence-corrected chi connectivity index (χ4v) is 2.50. The number of amides is 1. The van der Waals surface area contributed by atoms with Gasteiger partial charge in [-0.1, -0.05) is 35.3 Å². The molecule has 0 atom stereocenters. The van der Waals surface area contributed by atoms with Crippen molar-refractivity contribution in [1.82, 2.24) is 5.43 Å². The molecule has 0 bridgehead atoms. The average molecular weight is 377 g/mol. The van der Waals surface area contributed by atoms with Crippen LogP contribution in [0.15, 0.2) is 64.1 Å². The van der Waals surface area contributed by atoms with E-state index in [0.717, 1.165) is 6.07 Å². The third-order valence-electron chi connectivity index (χ3n) is 3.29. The van der Waals surface area contributed by atoms with Crippen molar-refractivity contribution in [3.05, 3.63) is 81.8 Å². The van der Waals surface area contributed by atoms with Gasteiger partial charge in [-0.2, -0.15) is 5.10 Å². The topological polar surface area (TPSA) is 54.6 Å². The van der Waals surface area contributed by atoms with Gasteiger partial charge in [-0.05, 0) is 42.5 Å². The van der Waals surface area contributed by atoms with E-state index in [1.54, 1.807) is 30.3 Å². The number of hydrogen-bond acceptors (Lipinski definition) is 3. The number of furan rings is 1. The van der Waals surface area contributed by atoms with Crippen LogP contribution in [0, 0.1) is 5.82 Å². The van der Waals surface area contributed by atoms with E-state index in [4.69, 9.17) is 27.6 Å². The van der Waals surface area contributed by atoms with Crippen LogP contribution in [-0.4, -0.2) is 12.1 Å². The smallest absolute Gasteiger partial charge is 0.271 e. The molecule has 0 aliphatic carbocycles. The molecule has 3 rings (SSSR count). The molecule has 0 fully saturated rings. The molecule has 0 unspecified atom stereocenters. The summed E-state index contributed by atoms with van der Waals surface area (Å²) >= 11 is 12.1. The second-order valence-electron chi connectivity index (χ2n) is 5.01. The number of carbonyl (C=O) groups is 1. The largest absolute Gasteiger partial charge is 0.455 e. The Balaban J connectivity index is 1.70. The molecule has 1 heterocycles. The van der Waals surface area contributed by atoms with Crippen LogP contribution in [0.1, 0.15) is 16.1 Å². The molecule has 1 N–H and O–H groups in total. The van der Waals surface area contributed by atoms with Crippen LogP contribution < -0.4 is 5.43 Å². The number of nitrogens with one attached hydrogen (secondary N) is 1. The number of carbonyl (C=O) groups excluding carboxylic acids is 1. The predicted molar refractivity (Wildman–Crippen MR) is 95.6 cm³/mol. The van der Waals surface area contributed by atoms with Crippen molar-refractivity contribution in [2.75, 3.05) is 0 Å². The summed E-state index contributed by atoms with van der Waals surface area (Å²) in [5.74, 6) is -0.0953. The summed E-state index contributed by atoms with van der Waals surface area (Å²) in [7, 11) is 0. The summed E-state index contributed by atoms with van der Waals surface area (Å²) in [6, 6.07) is 13.9. The maximum absolute atomic E-state index is 13.1. The van der Waals surface area contributed by atoms with E-state index in [1.807, 2.05) is 0 Å². The van der Waals surface area contributed by atoms with E-state index >= 15 is 0 Å². The zero-order valence-electron chi connectivity index (χ0n) is 12.7. The van der Waals surface area contributed by atoms with Crippen LogP contribution in [0.3, 0.4) is 0 Å². The molecule has 4 nitrogen and oxygen atoms in total. The Labute approximate surface area is 152 Å². The summed E-state index contributed by atoms with van der Waals surface area (Å²) in [6.07, 6.45) is 1.33. The summed E-state index contributed by atoms with van der Waals surface area (Å²) in [5, 5.41) is 4.61. The van der Waals surface area contributed by atoms with Crippen molar-refractivity contribution in [3.8, 4) is 11.3 Å². The third kappa shape index (κ3) is 4.07. The SMILES string of the molecule is O=C(N/N=C/c1ccc(-c2cccc(Cl)c2Cl)o1)c1cccc(F)c1. The first kappa shape index (κ1) is 17.2. The van der Waals surface area contributed by atoms with Crippen LogP contribution in [0.2, 0.25) is 10.0 Å². The Hall–Kier alpha value is -2.63. The van der Waals surface area contributed by atoms with Gasteiger partial charge in [0, 0.05) is 11.1 Å². The van der Waals surface area contributed by atoms with E-state index in [-0.39, 0.29) is 5.56 Å². The van der Waals surface area contributed by atoms with Gasteiger partial charge in [0.15, 0.2) is 0 Å². The van der Waals surface area contributed by atoms with Gasteiger partial charge in [0.1, 0.15) is 17.3 Å². The molecule has 25 heavy (non-hydrogen) atoms.